The lowest BCUT2D eigenvalue weighted by Gasteiger charge is -2.03. The molecule has 0 spiro atoms. The van der Waals surface area contributed by atoms with E-state index in [4.69, 9.17) is 24.3 Å². The maximum Gasteiger partial charge on any atom is 0.0394 e. The molecule has 0 amide bonds. The van der Waals surface area contributed by atoms with Crippen LogP contribution >= 0.6 is 0 Å². The lowest BCUT2D eigenvalue weighted by Crippen LogP contribution is -1.88. The second-order valence-electron chi connectivity index (χ2n) is 5.83. The summed E-state index contributed by atoms with van der Waals surface area (Å²) in [5, 5.41) is 4.25. The van der Waals surface area contributed by atoms with E-state index in [1.807, 2.05) is 72.8 Å². The Hall–Kier alpha value is -3.88. The quantitative estimate of drug-likeness (QED) is 0.358. The van der Waals surface area contributed by atoms with Gasteiger partial charge in [-0.15, -0.1) is 12.8 Å². The fraction of sp³-hybridized carbons (Fsp3) is 0. The Balaban J connectivity index is 0.000000151. The second-order valence-corrected chi connectivity index (χ2v) is 5.83. The summed E-state index contributed by atoms with van der Waals surface area (Å²) in [7, 11) is 0. The SMILES string of the molecule is C#Cc1cc(N)cc2ccccc12.C#Cc1ccc(N)c2ccccc12. The summed E-state index contributed by atoms with van der Waals surface area (Å²) in [5.74, 6) is 5.27. The van der Waals surface area contributed by atoms with Gasteiger partial charge in [0.05, 0.1) is 0 Å². The Morgan fingerprint density at radius 3 is 1.92 bits per heavy atom. The van der Waals surface area contributed by atoms with Gasteiger partial charge < -0.3 is 11.5 Å². The van der Waals surface area contributed by atoms with Crippen LogP contribution in [0.4, 0.5) is 11.4 Å². The predicted octanol–water partition coefficient (Wildman–Crippen LogP) is 4.81. The Kier molecular flexibility index (Phi) is 4.79. The van der Waals surface area contributed by atoms with Gasteiger partial charge in [-0.2, -0.15) is 0 Å². The van der Waals surface area contributed by atoms with Crippen molar-refractivity contribution in [3.63, 3.8) is 0 Å². The average Bonchev–Trinajstić information content (AvgIpc) is 2.68. The average molecular weight is 334 g/mol. The first-order chi connectivity index (χ1) is 12.6. The van der Waals surface area contributed by atoms with E-state index in [0.29, 0.717) is 5.69 Å². The zero-order chi connectivity index (χ0) is 18.5. The van der Waals surface area contributed by atoms with Crippen molar-refractivity contribution in [1.82, 2.24) is 0 Å². The van der Waals surface area contributed by atoms with Crippen LogP contribution in [0.25, 0.3) is 21.5 Å². The largest absolute Gasteiger partial charge is 0.399 e. The molecular weight excluding hydrogens is 316 g/mol. The van der Waals surface area contributed by atoms with Crippen molar-refractivity contribution in [2.24, 2.45) is 0 Å². The van der Waals surface area contributed by atoms with Crippen molar-refractivity contribution in [3.05, 3.63) is 83.9 Å². The van der Waals surface area contributed by atoms with Gasteiger partial charge in [0.25, 0.3) is 0 Å². The van der Waals surface area contributed by atoms with E-state index in [0.717, 1.165) is 38.4 Å². The molecule has 0 aliphatic carbocycles. The van der Waals surface area contributed by atoms with Crippen LogP contribution in [0.15, 0.2) is 72.8 Å². The normalized spacial score (nSPS) is 9.77. The van der Waals surface area contributed by atoms with Crippen LogP contribution in [0.1, 0.15) is 11.1 Å². The number of terminal acetylenes is 2. The van der Waals surface area contributed by atoms with Crippen molar-refractivity contribution in [2.45, 2.75) is 0 Å². The first-order valence-electron chi connectivity index (χ1n) is 8.12. The number of nitrogen functional groups attached to an aromatic ring is 2. The molecular formula is C24H18N2. The summed E-state index contributed by atoms with van der Waals surface area (Å²) in [6, 6.07) is 23.3. The minimum absolute atomic E-state index is 0.714. The van der Waals surface area contributed by atoms with Crippen molar-refractivity contribution in [3.8, 4) is 24.7 Å². The maximum atomic E-state index is 5.81. The fourth-order valence-electron chi connectivity index (χ4n) is 2.90. The molecule has 4 N–H and O–H groups in total. The van der Waals surface area contributed by atoms with Gasteiger partial charge in [-0.05, 0) is 40.4 Å². The first-order valence-corrected chi connectivity index (χ1v) is 8.12. The van der Waals surface area contributed by atoms with Crippen molar-refractivity contribution < 1.29 is 0 Å². The molecule has 124 valence electrons. The molecule has 0 unspecified atom stereocenters. The summed E-state index contributed by atoms with van der Waals surface area (Å²) in [4.78, 5) is 0. The molecule has 2 heteroatoms. The number of fused-ring (bicyclic) bond motifs is 2. The molecule has 2 nitrogen and oxygen atoms in total. The number of anilines is 2. The van der Waals surface area contributed by atoms with Crippen LogP contribution < -0.4 is 11.5 Å². The van der Waals surface area contributed by atoms with Crippen molar-refractivity contribution in [1.29, 1.82) is 0 Å². The molecule has 0 aliphatic heterocycles. The smallest absolute Gasteiger partial charge is 0.0394 e. The zero-order valence-electron chi connectivity index (χ0n) is 14.2. The van der Waals surface area contributed by atoms with E-state index in [1.54, 1.807) is 0 Å². The van der Waals surface area contributed by atoms with Gasteiger partial charge in [0.2, 0.25) is 0 Å². The molecule has 0 aliphatic rings. The van der Waals surface area contributed by atoms with Crippen molar-refractivity contribution in [2.75, 3.05) is 11.5 Å². The van der Waals surface area contributed by atoms with Crippen LogP contribution in [0.2, 0.25) is 0 Å². The van der Waals surface area contributed by atoms with Crippen LogP contribution in [0.5, 0.6) is 0 Å². The molecule has 0 saturated heterocycles. The first kappa shape index (κ1) is 17.0. The van der Waals surface area contributed by atoms with Gasteiger partial charge in [-0.3, -0.25) is 0 Å². The van der Waals surface area contributed by atoms with Crippen molar-refractivity contribution >= 4 is 32.9 Å². The highest BCUT2D eigenvalue weighted by molar-refractivity contribution is 5.96. The van der Waals surface area contributed by atoms with Gasteiger partial charge in [-0.25, -0.2) is 0 Å². The van der Waals surface area contributed by atoms with Crippen LogP contribution in [0.3, 0.4) is 0 Å². The van der Waals surface area contributed by atoms with E-state index in [-0.39, 0.29) is 0 Å². The number of hydrogen-bond donors (Lipinski definition) is 2. The Bertz CT molecular complexity index is 1170. The van der Waals surface area contributed by atoms with E-state index in [2.05, 4.69) is 11.8 Å². The molecule has 0 aromatic heterocycles. The summed E-state index contributed by atoms with van der Waals surface area (Å²) in [5.41, 5.74) is 14.8. The fourth-order valence-corrected chi connectivity index (χ4v) is 2.90. The Morgan fingerprint density at radius 1 is 0.615 bits per heavy atom. The Morgan fingerprint density at radius 2 is 1.23 bits per heavy atom. The molecule has 0 fully saturated rings. The Labute approximate surface area is 153 Å². The number of benzene rings is 4. The maximum absolute atomic E-state index is 5.81. The van der Waals surface area contributed by atoms with Gasteiger partial charge in [0.1, 0.15) is 0 Å². The molecule has 0 saturated carbocycles. The predicted molar refractivity (Wildman–Crippen MR) is 113 cm³/mol. The minimum Gasteiger partial charge on any atom is -0.399 e. The van der Waals surface area contributed by atoms with Gasteiger partial charge in [-0.1, -0.05) is 60.4 Å². The third-order valence-electron chi connectivity index (χ3n) is 4.15. The van der Waals surface area contributed by atoms with Crippen LogP contribution in [-0.2, 0) is 0 Å². The highest BCUT2D eigenvalue weighted by Crippen LogP contribution is 2.23. The number of hydrogen-bond acceptors (Lipinski definition) is 2. The molecule has 4 rings (SSSR count). The lowest BCUT2D eigenvalue weighted by atomic mass is 10.0. The molecule has 26 heavy (non-hydrogen) atoms. The monoisotopic (exact) mass is 334 g/mol. The lowest BCUT2D eigenvalue weighted by molar-refractivity contribution is 1.69. The molecule has 0 atom stereocenters. The number of rotatable bonds is 0. The molecule has 4 aromatic rings. The van der Waals surface area contributed by atoms with Gasteiger partial charge in [0.15, 0.2) is 0 Å². The highest BCUT2D eigenvalue weighted by Gasteiger charge is 2.00. The van der Waals surface area contributed by atoms with Gasteiger partial charge >= 0.3 is 0 Å². The summed E-state index contributed by atoms with van der Waals surface area (Å²) >= 11 is 0. The third-order valence-corrected chi connectivity index (χ3v) is 4.15. The van der Waals surface area contributed by atoms with E-state index in [1.165, 1.54) is 0 Å². The molecule has 0 bridgehead atoms. The second kappa shape index (κ2) is 7.34. The minimum atomic E-state index is 0.714. The summed E-state index contributed by atoms with van der Waals surface area (Å²) in [6.07, 6.45) is 10.8. The van der Waals surface area contributed by atoms with Crippen LogP contribution in [-0.4, -0.2) is 0 Å². The van der Waals surface area contributed by atoms with Crippen LogP contribution in [0, 0.1) is 24.7 Å². The highest BCUT2D eigenvalue weighted by atomic mass is 14.5. The van der Waals surface area contributed by atoms with E-state index < -0.39 is 0 Å². The summed E-state index contributed by atoms with van der Waals surface area (Å²) < 4.78 is 0. The molecule has 4 aromatic carbocycles. The molecule has 0 heterocycles. The summed E-state index contributed by atoms with van der Waals surface area (Å²) in [6.45, 7) is 0. The van der Waals surface area contributed by atoms with Gasteiger partial charge in [0, 0.05) is 27.9 Å². The zero-order valence-corrected chi connectivity index (χ0v) is 14.2. The third kappa shape index (κ3) is 3.31. The molecule has 0 radical (unpaired) electrons. The van der Waals surface area contributed by atoms with E-state index in [9.17, 15) is 0 Å². The topological polar surface area (TPSA) is 52.0 Å². The standard InChI is InChI=1S/2C12H9N/c1-2-9-7-11(13)8-10-5-3-4-6-12(9)10;1-2-9-7-8-12(13)11-6-4-3-5-10(9)11/h2*1,3-8H,13H2. The number of nitrogens with two attached hydrogens (primary N) is 2. The van der Waals surface area contributed by atoms with E-state index >= 15 is 0 Å².